The number of para-hydroxylation sites is 2. The Labute approximate surface area is 679 Å². The van der Waals surface area contributed by atoms with Crippen LogP contribution in [0, 0.1) is 0 Å². The van der Waals surface area contributed by atoms with Gasteiger partial charge in [-0.2, -0.15) is 0 Å². The van der Waals surface area contributed by atoms with Crippen molar-refractivity contribution in [2.45, 2.75) is 131 Å². The van der Waals surface area contributed by atoms with Gasteiger partial charge in [-0.25, -0.2) is 0 Å². The molecule has 0 aliphatic carbocycles. The molecule has 0 unspecified atom stereocenters. The molecule has 2 aliphatic rings. The van der Waals surface area contributed by atoms with E-state index in [0.29, 0.717) is 0 Å². The van der Waals surface area contributed by atoms with Gasteiger partial charge in [-0.1, -0.05) is 347 Å². The molecule has 5 heteroatoms. The molecule has 0 spiro atoms. The molecule has 19 rings (SSSR count). The second-order valence-corrected chi connectivity index (χ2v) is 37.4. The molecule has 0 saturated heterocycles. The maximum Gasteiger partial charge on any atom is 0.252 e. The number of anilines is 6. The van der Waals surface area contributed by atoms with Gasteiger partial charge in [0.25, 0.3) is 6.71 Å². The molecule has 15 aromatic carbocycles. The lowest BCUT2D eigenvalue weighted by atomic mass is 9.33. The van der Waals surface area contributed by atoms with Crippen molar-refractivity contribution in [3.63, 3.8) is 0 Å². The van der Waals surface area contributed by atoms with E-state index >= 15 is 0 Å². The largest absolute Gasteiger partial charge is 0.310 e. The zero-order valence-corrected chi connectivity index (χ0v) is 69.0. The summed E-state index contributed by atoms with van der Waals surface area (Å²) >= 11 is 0. The minimum absolute atomic E-state index is 0.0300. The van der Waals surface area contributed by atoms with E-state index in [2.05, 4.69) is 450 Å². The Bertz CT molecular complexity index is 6450. The molecular formula is C110H99BN4. The van der Waals surface area contributed by atoms with Gasteiger partial charge in [-0.15, -0.1) is 0 Å². The molecule has 0 fully saturated rings. The van der Waals surface area contributed by atoms with E-state index in [1.54, 1.807) is 0 Å². The van der Waals surface area contributed by atoms with Crippen LogP contribution < -0.4 is 26.2 Å². The van der Waals surface area contributed by atoms with Gasteiger partial charge in [-0.05, 0) is 195 Å². The van der Waals surface area contributed by atoms with Gasteiger partial charge in [0.05, 0.1) is 39.1 Å². The van der Waals surface area contributed by atoms with E-state index in [1.165, 1.54) is 87.8 Å². The van der Waals surface area contributed by atoms with E-state index < -0.39 is 0 Å². The number of hydrogen-bond donors (Lipinski definition) is 0. The van der Waals surface area contributed by atoms with E-state index in [9.17, 15) is 0 Å². The van der Waals surface area contributed by atoms with Gasteiger partial charge >= 0.3 is 0 Å². The highest BCUT2D eigenvalue weighted by atomic mass is 15.2. The molecule has 2 aliphatic heterocycles. The average Bonchev–Trinajstić information content (AvgIpc) is 1.12. The Balaban J connectivity index is 0.965. The molecule has 4 nitrogen and oxygen atoms in total. The van der Waals surface area contributed by atoms with Gasteiger partial charge in [-0.3, -0.25) is 0 Å². The van der Waals surface area contributed by atoms with Crippen molar-refractivity contribution >= 4 is 101 Å². The van der Waals surface area contributed by atoms with Crippen molar-refractivity contribution in [3.05, 3.63) is 355 Å². The molecule has 0 bridgehead atoms. The highest BCUT2D eigenvalue weighted by Gasteiger charge is 2.47. The fraction of sp³-hybridized carbons (Fsp3) is 0.182. The van der Waals surface area contributed by atoms with Gasteiger partial charge in [0, 0.05) is 77.8 Å². The Morgan fingerprint density at radius 1 is 0.209 bits per heavy atom. The number of fused-ring (bicyclic) bond motifs is 10. The fourth-order valence-electron chi connectivity index (χ4n) is 18.4. The molecule has 17 aromatic rings. The summed E-state index contributed by atoms with van der Waals surface area (Å²) in [6.45, 7) is 34.9. The van der Waals surface area contributed by atoms with Crippen molar-refractivity contribution in [2.24, 2.45) is 0 Å². The molecule has 0 atom stereocenters. The minimum Gasteiger partial charge on any atom is -0.310 e. The summed E-state index contributed by atoms with van der Waals surface area (Å²) in [4.78, 5) is 5.45. The Hall–Kier alpha value is -12.4. The van der Waals surface area contributed by atoms with Crippen molar-refractivity contribution in [1.29, 1.82) is 0 Å². The third kappa shape index (κ3) is 12.4. The number of aromatic nitrogens is 2. The van der Waals surface area contributed by atoms with Crippen molar-refractivity contribution in [1.82, 2.24) is 9.13 Å². The third-order valence-corrected chi connectivity index (χ3v) is 24.7. The van der Waals surface area contributed by atoms with Crippen LogP contribution in [0.1, 0.15) is 132 Å². The predicted octanol–water partition coefficient (Wildman–Crippen LogP) is 28.5. The summed E-state index contributed by atoms with van der Waals surface area (Å²) in [5.74, 6) is 0. The number of nitrogens with zero attached hydrogens (tertiary/aromatic N) is 4. The second kappa shape index (κ2) is 27.1. The Morgan fingerprint density at radius 2 is 0.530 bits per heavy atom. The van der Waals surface area contributed by atoms with Gasteiger partial charge in [0.2, 0.25) is 0 Å². The molecule has 0 saturated carbocycles. The van der Waals surface area contributed by atoms with E-state index in [0.717, 1.165) is 112 Å². The van der Waals surface area contributed by atoms with Crippen LogP contribution in [0.15, 0.2) is 328 Å². The first kappa shape index (κ1) is 72.8. The maximum absolute atomic E-state index is 2.74. The maximum atomic E-state index is 2.74. The molecule has 562 valence electrons. The second-order valence-electron chi connectivity index (χ2n) is 37.4. The quantitative estimate of drug-likeness (QED) is 0.127. The summed E-state index contributed by atoms with van der Waals surface area (Å²) in [5.41, 5.74) is 37.1. The Morgan fingerprint density at radius 3 is 0.896 bits per heavy atom. The van der Waals surface area contributed by atoms with E-state index in [1.807, 2.05) is 0 Å². The number of hydrogen-bond acceptors (Lipinski definition) is 2. The highest BCUT2D eigenvalue weighted by Crippen LogP contribution is 2.56. The molecular weight excluding hydrogens is 1390 g/mol. The van der Waals surface area contributed by atoms with Crippen LogP contribution in [-0.4, -0.2) is 15.8 Å². The van der Waals surface area contributed by atoms with Gasteiger partial charge < -0.3 is 18.9 Å². The normalized spacial score (nSPS) is 13.1. The lowest BCUT2D eigenvalue weighted by Gasteiger charge is -2.46. The average molecular weight is 1490 g/mol. The first-order valence-electron chi connectivity index (χ1n) is 41.2. The van der Waals surface area contributed by atoms with Crippen LogP contribution in [0.4, 0.5) is 34.1 Å². The fourth-order valence-corrected chi connectivity index (χ4v) is 18.4. The van der Waals surface area contributed by atoms with Crippen LogP contribution in [-0.2, 0) is 27.1 Å². The smallest absolute Gasteiger partial charge is 0.252 e. The first-order chi connectivity index (χ1) is 55.2. The molecule has 0 amide bonds. The lowest BCUT2D eigenvalue weighted by Crippen LogP contribution is -2.61. The molecule has 115 heavy (non-hydrogen) atoms. The van der Waals surface area contributed by atoms with E-state index in [-0.39, 0.29) is 33.8 Å². The summed E-state index contributed by atoms with van der Waals surface area (Å²) in [6, 6.07) is 126. The Kier molecular flexibility index (Phi) is 17.2. The zero-order valence-electron chi connectivity index (χ0n) is 69.0. The highest BCUT2D eigenvalue weighted by molar-refractivity contribution is 7.00. The molecule has 2 aromatic heterocycles. The molecule has 4 heterocycles. The summed E-state index contributed by atoms with van der Waals surface area (Å²) in [7, 11) is 0. The molecule has 0 radical (unpaired) electrons. The zero-order chi connectivity index (χ0) is 79.4. The van der Waals surface area contributed by atoms with Crippen LogP contribution >= 0.6 is 0 Å². The predicted molar refractivity (Wildman–Crippen MR) is 495 cm³/mol. The summed E-state index contributed by atoms with van der Waals surface area (Å²) < 4.78 is 5.13. The standard InChI is InChI=1S/C110H99BN4/c1-106(2,3)77-51-56-94-88(62-77)89-63-78(107(4,5)6)52-57-95(89)112(94)82-45-31-44-75(60-82)76-50-55-92-99(61-76)114(104-83(70-34-21-16-22-35-70)46-32-47-84(104)71-36-23-17-24-37-71)101-66-81(110(13,14)15)67-102-103(101)111(92)93-68-87(74-42-29-20-30-43-74)98(113-96-58-53-79(108(7,8)9)64-90(96)91-65-80(109(10,11)12)54-59-97(91)113)69-100(93)115(102)105-85(72-38-25-18-26-39-72)48-33-49-86(105)73-40-27-19-28-41-73/h16-69H,1-15H3. The monoisotopic (exact) mass is 1490 g/mol. The van der Waals surface area contributed by atoms with Crippen LogP contribution in [0.3, 0.4) is 0 Å². The first-order valence-corrected chi connectivity index (χ1v) is 41.2. The topological polar surface area (TPSA) is 16.3 Å². The summed E-state index contributed by atoms with van der Waals surface area (Å²) in [5, 5.41) is 5.05. The van der Waals surface area contributed by atoms with E-state index in [4.69, 9.17) is 0 Å². The van der Waals surface area contributed by atoms with Gasteiger partial charge in [0.1, 0.15) is 0 Å². The number of benzene rings is 15. The number of rotatable bonds is 10. The van der Waals surface area contributed by atoms with Crippen molar-refractivity contribution in [3.8, 4) is 78.1 Å². The third-order valence-electron chi connectivity index (χ3n) is 24.7. The minimum atomic E-state index is -0.345. The van der Waals surface area contributed by atoms with Crippen LogP contribution in [0.5, 0.6) is 0 Å². The van der Waals surface area contributed by atoms with Crippen molar-refractivity contribution in [2.75, 3.05) is 9.80 Å². The van der Waals surface area contributed by atoms with Crippen LogP contribution in [0.2, 0.25) is 0 Å². The van der Waals surface area contributed by atoms with Crippen molar-refractivity contribution < 1.29 is 0 Å². The SMILES string of the molecule is CC(C)(C)c1cc2c3c(c1)N(c1c(-c4ccccc4)cccc1-c1ccccc1)c1cc(-n4c5ccc(C(C)(C)C)cc5c5cc(C(C)(C)C)ccc54)c(-c4ccccc4)cc1B3c1ccc(-c3cccc(-n4c5ccc(C(C)(C)C)cc5c5cc(C(C)(C)C)ccc54)c3)cc1N2c1c(-c2ccccc2)cccc1-c1ccccc1. The van der Waals surface area contributed by atoms with Crippen LogP contribution in [0.25, 0.3) is 122 Å². The lowest BCUT2D eigenvalue weighted by molar-refractivity contribution is 0.590. The van der Waals surface area contributed by atoms with Gasteiger partial charge in [0.15, 0.2) is 0 Å². The summed E-state index contributed by atoms with van der Waals surface area (Å²) in [6.07, 6.45) is 0. The molecule has 0 N–H and O–H groups in total.